The molecule has 106 valence electrons. The molecule has 2 atom stereocenters. The number of aliphatic hydroxyl groups is 1. The molecule has 0 saturated heterocycles. The minimum atomic E-state index is -0.781. The molecule has 0 fully saturated rings. The second-order valence-electron chi connectivity index (χ2n) is 5.07. The highest BCUT2D eigenvalue weighted by molar-refractivity contribution is 5.90. The Morgan fingerprint density at radius 2 is 1.76 bits per heavy atom. The summed E-state index contributed by atoms with van der Waals surface area (Å²) in [6.07, 6.45) is 0.127. The molecule has 0 bridgehead atoms. The third-order valence-electron chi connectivity index (χ3n) is 3.65. The van der Waals surface area contributed by atoms with E-state index < -0.39 is 12.0 Å². The number of fused-ring (bicyclic) bond motifs is 1. The lowest BCUT2D eigenvalue weighted by molar-refractivity contribution is -0.108. The zero-order valence-electron chi connectivity index (χ0n) is 11.7. The lowest BCUT2D eigenvalue weighted by atomic mass is 9.84. The van der Waals surface area contributed by atoms with Gasteiger partial charge in [0.25, 0.3) is 0 Å². The summed E-state index contributed by atoms with van der Waals surface area (Å²) >= 11 is 0. The minimum absolute atomic E-state index is 0.429. The van der Waals surface area contributed by atoms with Gasteiger partial charge in [-0.1, -0.05) is 48.5 Å². The summed E-state index contributed by atoms with van der Waals surface area (Å²) in [5.41, 5.74) is 2.45. The SMILES string of the molecule is CC(O)C1=C(c2ccccc2)C(C=O)c2ccccc2O1. The highest BCUT2D eigenvalue weighted by atomic mass is 16.5. The first-order valence-corrected chi connectivity index (χ1v) is 6.92. The van der Waals surface area contributed by atoms with Crippen molar-refractivity contribution in [1.29, 1.82) is 0 Å². The summed E-state index contributed by atoms with van der Waals surface area (Å²) in [5, 5.41) is 10.0. The molecule has 1 aliphatic heterocycles. The molecule has 0 amide bonds. The van der Waals surface area contributed by atoms with Crippen molar-refractivity contribution in [3.05, 3.63) is 71.5 Å². The Balaban J connectivity index is 2.23. The van der Waals surface area contributed by atoms with Crippen LogP contribution in [0.2, 0.25) is 0 Å². The van der Waals surface area contributed by atoms with Crippen LogP contribution in [0.4, 0.5) is 0 Å². The number of carbonyl (C=O) groups excluding carboxylic acids is 1. The van der Waals surface area contributed by atoms with Gasteiger partial charge in [-0.25, -0.2) is 0 Å². The van der Waals surface area contributed by atoms with E-state index in [-0.39, 0.29) is 0 Å². The second-order valence-corrected chi connectivity index (χ2v) is 5.07. The molecule has 1 N–H and O–H groups in total. The average molecular weight is 280 g/mol. The Morgan fingerprint density at radius 1 is 1.10 bits per heavy atom. The highest BCUT2D eigenvalue weighted by Gasteiger charge is 2.31. The molecule has 0 aliphatic carbocycles. The monoisotopic (exact) mass is 280 g/mol. The summed E-state index contributed by atoms with van der Waals surface area (Å²) in [6, 6.07) is 17.0. The third kappa shape index (κ3) is 2.36. The third-order valence-corrected chi connectivity index (χ3v) is 3.65. The van der Waals surface area contributed by atoms with E-state index in [4.69, 9.17) is 4.74 Å². The fourth-order valence-electron chi connectivity index (χ4n) is 2.70. The van der Waals surface area contributed by atoms with Crippen LogP contribution in [0, 0.1) is 0 Å². The molecule has 3 rings (SSSR count). The van der Waals surface area contributed by atoms with Gasteiger partial charge in [0.05, 0.1) is 5.92 Å². The standard InChI is InChI=1S/C18H16O3/c1-12(20)18-17(13-7-3-2-4-8-13)15(11-19)14-9-5-6-10-16(14)21-18/h2-12,15,20H,1H3. The van der Waals surface area contributed by atoms with Crippen molar-refractivity contribution in [1.82, 2.24) is 0 Å². The zero-order chi connectivity index (χ0) is 14.8. The van der Waals surface area contributed by atoms with Crippen LogP contribution < -0.4 is 4.74 Å². The molecule has 2 aromatic rings. The van der Waals surface area contributed by atoms with Crippen LogP contribution in [0.1, 0.15) is 24.0 Å². The van der Waals surface area contributed by atoms with E-state index in [0.29, 0.717) is 11.5 Å². The number of rotatable bonds is 3. The molecule has 0 saturated carbocycles. The van der Waals surface area contributed by atoms with Gasteiger partial charge in [0.1, 0.15) is 23.9 Å². The van der Waals surface area contributed by atoms with E-state index in [1.807, 2.05) is 54.6 Å². The second kappa shape index (κ2) is 5.54. The molecule has 21 heavy (non-hydrogen) atoms. The molecule has 0 aromatic heterocycles. The Bertz CT molecular complexity index is 687. The fourth-order valence-corrected chi connectivity index (χ4v) is 2.70. The summed E-state index contributed by atoms with van der Waals surface area (Å²) in [7, 11) is 0. The molecule has 0 spiro atoms. The van der Waals surface area contributed by atoms with E-state index >= 15 is 0 Å². The molecule has 1 heterocycles. The highest BCUT2D eigenvalue weighted by Crippen LogP contribution is 2.43. The topological polar surface area (TPSA) is 46.5 Å². The Morgan fingerprint density at radius 3 is 2.43 bits per heavy atom. The summed E-state index contributed by atoms with van der Waals surface area (Å²) < 4.78 is 5.86. The predicted molar refractivity (Wildman–Crippen MR) is 80.9 cm³/mol. The number of hydrogen-bond acceptors (Lipinski definition) is 3. The largest absolute Gasteiger partial charge is 0.458 e. The van der Waals surface area contributed by atoms with Crippen molar-refractivity contribution in [2.75, 3.05) is 0 Å². The van der Waals surface area contributed by atoms with Crippen molar-refractivity contribution in [3.8, 4) is 5.75 Å². The number of ether oxygens (including phenoxy) is 1. The number of hydrogen-bond donors (Lipinski definition) is 1. The minimum Gasteiger partial charge on any atom is -0.458 e. The van der Waals surface area contributed by atoms with Crippen molar-refractivity contribution < 1.29 is 14.6 Å². The molecule has 3 nitrogen and oxygen atoms in total. The van der Waals surface area contributed by atoms with Crippen molar-refractivity contribution in [2.45, 2.75) is 18.9 Å². The van der Waals surface area contributed by atoms with Crippen molar-refractivity contribution in [3.63, 3.8) is 0 Å². The number of allylic oxidation sites excluding steroid dienone is 1. The normalized spacial score (nSPS) is 18.7. The molecular formula is C18H16O3. The van der Waals surface area contributed by atoms with Crippen LogP contribution in [0.5, 0.6) is 5.75 Å². The van der Waals surface area contributed by atoms with E-state index in [9.17, 15) is 9.90 Å². The van der Waals surface area contributed by atoms with Gasteiger partial charge in [0.2, 0.25) is 0 Å². The summed E-state index contributed by atoms with van der Waals surface area (Å²) in [5.74, 6) is 0.643. The van der Waals surface area contributed by atoms with Gasteiger partial charge in [-0.15, -0.1) is 0 Å². The van der Waals surface area contributed by atoms with E-state index in [0.717, 1.165) is 23.0 Å². The van der Waals surface area contributed by atoms with Crippen molar-refractivity contribution in [2.24, 2.45) is 0 Å². The lowest BCUT2D eigenvalue weighted by Gasteiger charge is -2.29. The first kappa shape index (κ1) is 13.6. The summed E-state index contributed by atoms with van der Waals surface area (Å²) in [6.45, 7) is 1.65. The molecule has 0 radical (unpaired) electrons. The van der Waals surface area contributed by atoms with Crippen LogP contribution in [-0.4, -0.2) is 17.5 Å². The quantitative estimate of drug-likeness (QED) is 0.878. The summed E-state index contributed by atoms with van der Waals surface area (Å²) in [4.78, 5) is 11.7. The van der Waals surface area contributed by atoms with Crippen molar-refractivity contribution >= 4 is 11.9 Å². The molecule has 2 unspecified atom stereocenters. The van der Waals surface area contributed by atoms with Gasteiger partial charge >= 0.3 is 0 Å². The number of aliphatic hydroxyl groups excluding tert-OH is 1. The fraction of sp³-hybridized carbons (Fsp3) is 0.167. The molecule has 1 aliphatic rings. The number of aldehydes is 1. The first-order valence-electron chi connectivity index (χ1n) is 6.92. The van der Waals surface area contributed by atoms with Crippen LogP contribution in [0.3, 0.4) is 0 Å². The van der Waals surface area contributed by atoms with Gasteiger partial charge in [-0.3, -0.25) is 0 Å². The molecular weight excluding hydrogens is 264 g/mol. The van der Waals surface area contributed by atoms with E-state index in [1.54, 1.807) is 6.92 Å². The maximum atomic E-state index is 11.7. The molecule has 2 aromatic carbocycles. The maximum absolute atomic E-state index is 11.7. The van der Waals surface area contributed by atoms with Gasteiger partial charge < -0.3 is 14.6 Å². The smallest absolute Gasteiger partial charge is 0.137 e. The van der Waals surface area contributed by atoms with Crippen LogP contribution in [0.25, 0.3) is 5.57 Å². The number of benzene rings is 2. The van der Waals surface area contributed by atoms with Crippen LogP contribution >= 0.6 is 0 Å². The van der Waals surface area contributed by atoms with Gasteiger partial charge in [0.15, 0.2) is 0 Å². The first-order chi connectivity index (χ1) is 10.2. The van der Waals surface area contributed by atoms with Crippen LogP contribution in [-0.2, 0) is 4.79 Å². The Hall–Kier alpha value is -2.39. The molecule has 3 heteroatoms. The number of para-hydroxylation sites is 1. The van der Waals surface area contributed by atoms with Gasteiger partial charge in [0, 0.05) is 11.1 Å². The Kier molecular flexibility index (Phi) is 3.59. The van der Waals surface area contributed by atoms with E-state index in [2.05, 4.69) is 0 Å². The lowest BCUT2D eigenvalue weighted by Crippen LogP contribution is -2.22. The number of carbonyl (C=O) groups is 1. The van der Waals surface area contributed by atoms with Crippen LogP contribution in [0.15, 0.2) is 60.4 Å². The Labute approximate surface area is 123 Å². The maximum Gasteiger partial charge on any atom is 0.137 e. The zero-order valence-corrected chi connectivity index (χ0v) is 11.7. The van der Waals surface area contributed by atoms with Gasteiger partial charge in [-0.05, 0) is 18.6 Å². The average Bonchev–Trinajstić information content (AvgIpc) is 2.53. The van der Waals surface area contributed by atoms with E-state index in [1.165, 1.54) is 0 Å². The van der Waals surface area contributed by atoms with Gasteiger partial charge in [-0.2, -0.15) is 0 Å². The predicted octanol–water partition coefficient (Wildman–Crippen LogP) is 3.15.